The second-order valence-electron chi connectivity index (χ2n) is 5.19. The van der Waals surface area contributed by atoms with E-state index in [9.17, 15) is 13.2 Å². The number of hydrogen-bond acceptors (Lipinski definition) is 4. The van der Waals surface area contributed by atoms with Gasteiger partial charge in [-0.25, -0.2) is 13.1 Å². The van der Waals surface area contributed by atoms with E-state index >= 15 is 0 Å². The highest BCUT2D eigenvalue weighted by Crippen LogP contribution is 2.18. The summed E-state index contributed by atoms with van der Waals surface area (Å²) in [7, 11) is -3.52. The second-order valence-corrected chi connectivity index (χ2v) is 6.96. The molecule has 6 nitrogen and oxygen atoms in total. The van der Waals surface area contributed by atoms with E-state index in [0.717, 1.165) is 13.0 Å². The van der Waals surface area contributed by atoms with Crippen molar-refractivity contribution in [1.29, 1.82) is 0 Å². The van der Waals surface area contributed by atoms with Crippen molar-refractivity contribution in [3.05, 3.63) is 29.8 Å². The molecule has 3 N–H and O–H groups in total. The third-order valence-electron chi connectivity index (χ3n) is 3.25. The summed E-state index contributed by atoms with van der Waals surface area (Å²) in [6.45, 7) is 1.20. The third kappa shape index (κ3) is 5.45. The zero-order chi connectivity index (χ0) is 15.3. The van der Waals surface area contributed by atoms with Gasteiger partial charge in [0.15, 0.2) is 0 Å². The van der Waals surface area contributed by atoms with Crippen molar-refractivity contribution >= 4 is 16.0 Å². The van der Waals surface area contributed by atoms with Crippen molar-refractivity contribution in [3.8, 4) is 0 Å². The summed E-state index contributed by atoms with van der Waals surface area (Å²) < 4.78 is 26.6. The van der Waals surface area contributed by atoms with Crippen LogP contribution in [0.3, 0.4) is 0 Å². The van der Waals surface area contributed by atoms with E-state index in [1.807, 2.05) is 0 Å². The van der Waals surface area contributed by atoms with Crippen molar-refractivity contribution in [2.45, 2.75) is 36.6 Å². The second kappa shape index (κ2) is 7.02. The molecule has 116 valence electrons. The topological polar surface area (TPSA) is 95.5 Å². The fourth-order valence-electron chi connectivity index (χ4n) is 1.93. The lowest BCUT2D eigenvalue weighted by molar-refractivity contribution is -0.136. The van der Waals surface area contributed by atoms with Crippen LogP contribution in [-0.4, -0.2) is 38.6 Å². The number of aliphatic carboxylic acids is 1. The van der Waals surface area contributed by atoms with Crippen LogP contribution in [-0.2, 0) is 21.2 Å². The molecule has 0 spiro atoms. The maximum Gasteiger partial charge on any atom is 0.307 e. The zero-order valence-electron chi connectivity index (χ0n) is 11.7. The summed E-state index contributed by atoms with van der Waals surface area (Å²) >= 11 is 0. The quantitative estimate of drug-likeness (QED) is 0.584. The average Bonchev–Trinajstić information content (AvgIpc) is 3.22. The van der Waals surface area contributed by atoms with Crippen LogP contribution < -0.4 is 10.0 Å². The van der Waals surface area contributed by atoms with Crippen LogP contribution in [0.15, 0.2) is 29.2 Å². The van der Waals surface area contributed by atoms with Gasteiger partial charge in [0, 0.05) is 12.6 Å². The van der Waals surface area contributed by atoms with E-state index in [4.69, 9.17) is 5.11 Å². The molecule has 0 atom stereocenters. The lowest BCUT2D eigenvalue weighted by Gasteiger charge is -2.08. The highest BCUT2D eigenvalue weighted by Gasteiger charge is 2.19. The Kier molecular flexibility index (Phi) is 5.33. The van der Waals surface area contributed by atoms with Crippen molar-refractivity contribution in [2.24, 2.45) is 0 Å². The van der Waals surface area contributed by atoms with Crippen molar-refractivity contribution < 1.29 is 18.3 Å². The van der Waals surface area contributed by atoms with Crippen LogP contribution in [0, 0.1) is 0 Å². The smallest absolute Gasteiger partial charge is 0.307 e. The minimum Gasteiger partial charge on any atom is -0.481 e. The van der Waals surface area contributed by atoms with Gasteiger partial charge in [-0.3, -0.25) is 4.79 Å². The van der Waals surface area contributed by atoms with Gasteiger partial charge in [-0.15, -0.1) is 0 Å². The molecule has 1 aromatic carbocycles. The van der Waals surface area contributed by atoms with E-state index in [0.29, 0.717) is 18.2 Å². The van der Waals surface area contributed by atoms with E-state index in [2.05, 4.69) is 10.0 Å². The van der Waals surface area contributed by atoms with E-state index in [1.54, 1.807) is 0 Å². The van der Waals surface area contributed by atoms with Crippen molar-refractivity contribution in [1.82, 2.24) is 10.0 Å². The maximum absolute atomic E-state index is 12.0. The van der Waals surface area contributed by atoms with Gasteiger partial charge in [-0.1, -0.05) is 12.1 Å². The molecule has 0 radical (unpaired) electrons. The molecule has 1 aromatic rings. The fourth-order valence-corrected chi connectivity index (χ4v) is 3.01. The Balaban J connectivity index is 1.81. The maximum atomic E-state index is 12.0. The first-order valence-corrected chi connectivity index (χ1v) is 8.49. The SMILES string of the molecule is O=C(O)Cc1ccc(S(=O)(=O)NCCCNC2CC2)cc1. The number of carbonyl (C=O) groups is 1. The van der Waals surface area contributed by atoms with Crippen LogP contribution >= 0.6 is 0 Å². The monoisotopic (exact) mass is 312 g/mol. The Morgan fingerprint density at radius 3 is 2.43 bits per heavy atom. The molecule has 7 heteroatoms. The molecule has 1 aliphatic rings. The molecule has 1 aliphatic carbocycles. The lowest BCUT2D eigenvalue weighted by Crippen LogP contribution is -2.28. The molecule has 2 rings (SSSR count). The highest BCUT2D eigenvalue weighted by molar-refractivity contribution is 7.89. The molecule has 21 heavy (non-hydrogen) atoms. The number of hydrogen-bond donors (Lipinski definition) is 3. The summed E-state index contributed by atoms with van der Waals surface area (Å²) in [4.78, 5) is 10.7. The van der Waals surface area contributed by atoms with Crippen LogP contribution in [0.25, 0.3) is 0 Å². The van der Waals surface area contributed by atoms with Gasteiger partial charge in [0.2, 0.25) is 10.0 Å². The van der Waals surface area contributed by atoms with Gasteiger partial charge in [0.1, 0.15) is 0 Å². The largest absolute Gasteiger partial charge is 0.481 e. The van der Waals surface area contributed by atoms with E-state index in [-0.39, 0.29) is 11.3 Å². The molecular formula is C14H20N2O4S. The molecule has 0 heterocycles. The van der Waals surface area contributed by atoms with Crippen molar-refractivity contribution in [2.75, 3.05) is 13.1 Å². The van der Waals surface area contributed by atoms with E-state index < -0.39 is 16.0 Å². The Bertz CT molecular complexity index is 579. The first-order chi connectivity index (χ1) is 9.97. The molecule has 0 aliphatic heterocycles. The summed E-state index contributed by atoms with van der Waals surface area (Å²) in [5.74, 6) is -0.938. The number of nitrogens with one attached hydrogen (secondary N) is 2. The van der Waals surface area contributed by atoms with E-state index in [1.165, 1.54) is 37.1 Å². The number of rotatable bonds is 9. The van der Waals surface area contributed by atoms with Gasteiger partial charge in [0.05, 0.1) is 11.3 Å². The number of sulfonamides is 1. The molecule has 1 saturated carbocycles. The average molecular weight is 312 g/mol. The standard InChI is InChI=1S/C14H20N2O4S/c17-14(18)10-11-2-6-13(7-3-11)21(19,20)16-9-1-8-15-12-4-5-12/h2-3,6-7,12,15-16H,1,4-5,8-10H2,(H,17,18). The van der Waals surface area contributed by atoms with Gasteiger partial charge in [-0.2, -0.15) is 0 Å². The van der Waals surface area contributed by atoms with Crippen molar-refractivity contribution in [3.63, 3.8) is 0 Å². The predicted octanol–water partition coefficient (Wildman–Crippen LogP) is 0.734. The summed E-state index contributed by atoms with van der Waals surface area (Å²) in [5, 5.41) is 12.0. The Morgan fingerprint density at radius 1 is 1.19 bits per heavy atom. The fraction of sp³-hybridized carbons (Fsp3) is 0.500. The molecule has 0 unspecified atom stereocenters. The summed E-state index contributed by atoms with van der Waals surface area (Å²) in [6, 6.07) is 6.55. The Morgan fingerprint density at radius 2 is 1.86 bits per heavy atom. The van der Waals surface area contributed by atoms with Gasteiger partial charge >= 0.3 is 5.97 Å². The molecule has 0 bridgehead atoms. The van der Waals surface area contributed by atoms with Gasteiger partial charge in [0.25, 0.3) is 0 Å². The Labute approximate surface area is 124 Å². The van der Waals surface area contributed by atoms with Gasteiger partial charge < -0.3 is 10.4 Å². The van der Waals surface area contributed by atoms with Crippen LogP contribution in [0.4, 0.5) is 0 Å². The number of carboxylic acid groups (broad SMARTS) is 1. The lowest BCUT2D eigenvalue weighted by atomic mass is 10.2. The first kappa shape index (κ1) is 15.9. The summed E-state index contributed by atoms with van der Waals surface area (Å²) in [6.07, 6.45) is 3.07. The van der Waals surface area contributed by atoms with Crippen LogP contribution in [0.2, 0.25) is 0 Å². The number of benzene rings is 1. The first-order valence-electron chi connectivity index (χ1n) is 7.01. The van der Waals surface area contributed by atoms with Gasteiger partial charge in [-0.05, 0) is 43.5 Å². The summed E-state index contributed by atoms with van der Waals surface area (Å²) in [5.41, 5.74) is 0.579. The molecular weight excluding hydrogens is 292 g/mol. The minimum absolute atomic E-state index is 0.111. The Hall–Kier alpha value is -1.44. The van der Waals surface area contributed by atoms with Crippen LogP contribution in [0.5, 0.6) is 0 Å². The number of carboxylic acids is 1. The predicted molar refractivity (Wildman–Crippen MR) is 78.6 cm³/mol. The van der Waals surface area contributed by atoms with Crippen LogP contribution in [0.1, 0.15) is 24.8 Å². The normalized spacial score (nSPS) is 15.0. The zero-order valence-corrected chi connectivity index (χ0v) is 12.5. The third-order valence-corrected chi connectivity index (χ3v) is 4.72. The molecule has 0 amide bonds. The minimum atomic E-state index is -3.52. The highest BCUT2D eigenvalue weighted by atomic mass is 32.2. The molecule has 0 saturated heterocycles. The molecule has 0 aromatic heterocycles. The molecule has 1 fully saturated rings.